The molecule has 1 rings (SSSR count). The number of hydrogen-bond acceptors (Lipinski definition) is 3. The van der Waals surface area contributed by atoms with Gasteiger partial charge in [-0.15, -0.1) is 0 Å². The molecule has 106 valence electrons. The molecule has 18 heavy (non-hydrogen) atoms. The fourth-order valence-corrected chi connectivity index (χ4v) is 2.70. The number of nitrogens with one attached hydrogen (secondary N) is 1. The van der Waals surface area contributed by atoms with Crippen LogP contribution in [0.4, 0.5) is 4.79 Å². The van der Waals surface area contributed by atoms with Crippen molar-refractivity contribution in [1.82, 2.24) is 5.32 Å². The van der Waals surface area contributed by atoms with Crippen LogP contribution in [0, 0.1) is 17.8 Å². The maximum absolute atomic E-state index is 11.6. The van der Waals surface area contributed by atoms with E-state index in [4.69, 9.17) is 9.84 Å². The zero-order valence-electron chi connectivity index (χ0n) is 11.8. The van der Waals surface area contributed by atoms with Gasteiger partial charge in [0.25, 0.3) is 0 Å². The molecule has 1 saturated carbocycles. The molecule has 0 bridgehead atoms. The summed E-state index contributed by atoms with van der Waals surface area (Å²) >= 11 is 0. The average Bonchev–Trinajstić information content (AvgIpc) is 2.29. The third-order valence-corrected chi connectivity index (χ3v) is 3.82. The van der Waals surface area contributed by atoms with Gasteiger partial charge in [-0.3, -0.25) is 0 Å². The molecule has 4 nitrogen and oxygen atoms in total. The largest absolute Gasteiger partial charge is 0.446 e. The minimum Gasteiger partial charge on any atom is -0.446 e. The van der Waals surface area contributed by atoms with Crippen LogP contribution >= 0.6 is 0 Å². The van der Waals surface area contributed by atoms with Crippen molar-refractivity contribution in [3.63, 3.8) is 0 Å². The van der Waals surface area contributed by atoms with E-state index in [1.165, 1.54) is 6.42 Å². The summed E-state index contributed by atoms with van der Waals surface area (Å²) in [7, 11) is 0. The summed E-state index contributed by atoms with van der Waals surface area (Å²) in [6, 6.07) is 0. The molecular weight excluding hydrogens is 230 g/mol. The Morgan fingerprint density at radius 1 is 1.44 bits per heavy atom. The van der Waals surface area contributed by atoms with E-state index in [1.807, 2.05) is 0 Å². The van der Waals surface area contributed by atoms with Gasteiger partial charge in [-0.2, -0.15) is 0 Å². The van der Waals surface area contributed by atoms with Crippen molar-refractivity contribution in [1.29, 1.82) is 0 Å². The molecule has 0 spiro atoms. The second-order valence-corrected chi connectivity index (χ2v) is 5.77. The Labute approximate surface area is 110 Å². The van der Waals surface area contributed by atoms with Gasteiger partial charge in [0.05, 0.1) is 0 Å². The summed E-state index contributed by atoms with van der Waals surface area (Å²) in [6.07, 6.45) is 3.62. The van der Waals surface area contributed by atoms with Crippen molar-refractivity contribution in [3.05, 3.63) is 0 Å². The number of rotatable bonds is 5. The van der Waals surface area contributed by atoms with Crippen molar-refractivity contribution >= 4 is 6.09 Å². The third kappa shape index (κ3) is 4.84. The Hall–Kier alpha value is -0.770. The molecule has 0 aromatic rings. The highest BCUT2D eigenvalue weighted by atomic mass is 16.6. The summed E-state index contributed by atoms with van der Waals surface area (Å²) in [4.78, 5) is 11.6. The van der Waals surface area contributed by atoms with E-state index >= 15 is 0 Å². The van der Waals surface area contributed by atoms with Gasteiger partial charge in [-0.1, -0.05) is 27.2 Å². The fraction of sp³-hybridized carbons (Fsp3) is 0.929. The summed E-state index contributed by atoms with van der Waals surface area (Å²) in [5, 5.41) is 11.3. The highest BCUT2D eigenvalue weighted by molar-refractivity contribution is 5.67. The maximum atomic E-state index is 11.6. The molecule has 1 aliphatic carbocycles. The lowest BCUT2D eigenvalue weighted by Crippen LogP contribution is -2.39. The van der Waals surface area contributed by atoms with Crippen LogP contribution in [0.3, 0.4) is 0 Å². The van der Waals surface area contributed by atoms with Crippen LogP contribution in [0.5, 0.6) is 0 Å². The predicted molar refractivity (Wildman–Crippen MR) is 71.3 cm³/mol. The Bertz CT molecular complexity index is 255. The van der Waals surface area contributed by atoms with Crippen LogP contribution in [0.1, 0.15) is 46.5 Å². The number of carbonyl (C=O) groups excluding carboxylic acids is 1. The Morgan fingerprint density at radius 3 is 2.78 bits per heavy atom. The Morgan fingerprint density at radius 2 is 2.17 bits per heavy atom. The molecule has 1 unspecified atom stereocenters. The minimum atomic E-state index is -0.340. The van der Waals surface area contributed by atoms with E-state index in [0.717, 1.165) is 12.8 Å². The summed E-state index contributed by atoms with van der Waals surface area (Å²) in [5.74, 6) is 1.66. The monoisotopic (exact) mass is 257 g/mol. The molecule has 2 N–H and O–H groups in total. The topological polar surface area (TPSA) is 58.6 Å². The van der Waals surface area contributed by atoms with E-state index in [0.29, 0.717) is 30.7 Å². The Kier molecular flexibility index (Phi) is 6.47. The number of aliphatic hydroxyl groups excluding tert-OH is 1. The number of hydrogen-bond donors (Lipinski definition) is 2. The third-order valence-electron chi connectivity index (χ3n) is 3.82. The Balaban J connectivity index is 2.42. The molecule has 4 heteroatoms. The van der Waals surface area contributed by atoms with Crippen molar-refractivity contribution in [3.8, 4) is 0 Å². The van der Waals surface area contributed by atoms with Gasteiger partial charge in [0.1, 0.15) is 6.10 Å². The van der Waals surface area contributed by atoms with Crippen LogP contribution in [0.2, 0.25) is 0 Å². The maximum Gasteiger partial charge on any atom is 0.407 e. The summed E-state index contributed by atoms with van der Waals surface area (Å²) in [6.45, 7) is 7.18. The van der Waals surface area contributed by atoms with Crippen molar-refractivity contribution < 1.29 is 14.6 Å². The van der Waals surface area contributed by atoms with E-state index in [1.54, 1.807) is 0 Å². The van der Waals surface area contributed by atoms with Gasteiger partial charge in [-0.25, -0.2) is 4.79 Å². The summed E-state index contributed by atoms with van der Waals surface area (Å²) in [5.41, 5.74) is 0. The molecule has 0 aliphatic heterocycles. The molecule has 0 heterocycles. The molecule has 1 aliphatic rings. The molecule has 3 atom stereocenters. The van der Waals surface area contributed by atoms with Gasteiger partial charge in [0.2, 0.25) is 0 Å². The second kappa shape index (κ2) is 7.62. The van der Waals surface area contributed by atoms with Crippen molar-refractivity contribution in [2.75, 3.05) is 13.2 Å². The lowest BCUT2D eigenvalue weighted by Gasteiger charge is -2.36. The predicted octanol–water partition coefficient (Wildman–Crippen LogP) is 2.56. The standard InChI is InChI=1S/C14H27NO3/c1-10(2)12-6-5-11(3)9-13(12)18-14(17)15-7-4-8-16/h10-13,16H,4-9H2,1-3H3,(H,15,17)/t11-,12?,13+/m1/s1. The number of carbonyl (C=O) groups is 1. The number of amides is 1. The molecule has 0 aromatic heterocycles. The SMILES string of the molecule is CC(C)C1CC[C@@H](C)C[C@@H]1OC(=O)NCCCO. The van der Waals surface area contributed by atoms with Crippen LogP contribution in [0.15, 0.2) is 0 Å². The first-order valence-corrected chi connectivity index (χ1v) is 7.10. The molecule has 1 fully saturated rings. The van der Waals surface area contributed by atoms with E-state index in [9.17, 15) is 4.79 Å². The molecule has 1 amide bonds. The fourth-order valence-electron chi connectivity index (χ4n) is 2.70. The number of aliphatic hydroxyl groups is 1. The zero-order valence-corrected chi connectivity index (χ0v) is 11.8. The quantitative estimate of drug-likeness (QED) is 0.744. The van der Waals surface area contributed by atoms with Crippen molar-refractivity contribution in [2.24, 2.45) is 17.8 Å². The zero-order chi connectivity index (χ0) is 13.5. The highest BCUT2D eigenvalue weighted by Gasteiger charge is 2.33. The van der Waals surface area contributed by atoms with E-state index in [2.05, 4.69) is 26.1 Å². The number of ether oxygens (including phenoxy) is 1. The lowest BCUT2D eigenvalue weighted by atomic mass is 9.75. The first kappa shape index (κ1) is 15.3. The van der Waals surface area contributed by atoms with Gasteiger partial charge in [0.15, 0.2) is 0 Å². The van der Waals surface area contributed by atoms with Gasteiger partial charge < -0.3 is 15.2 Å². The second-order valence-electron chi connectivity index (χ2n) is 5.77. The summed E-state index contributed by atoms with van der Waals surface area (Å²) < 4.78 is 5.55. The smallest absolute Gasteiger partial charge is 0.407 e. The normalized spacial score (nSPS) is 28.2. The molecule has 0 aromatic carbocycles. The van der Waals surface area contributed by atoms with Gasteiger partial charge >= 0.3 is 6.09 Å². The average molecular weight is 257 g/mol. The molecule has 0 radical (unpaired) electrons. The van der Waals surface area contributed by atoms with E-state index in [-0.39, 0.29) is 18.8 Å². The van der Waals surface area contributed by atoms with Crippen LogP contribution in [-0.2, 0) is 4.74 Å². The van der Waals surface area contributed by atoms with Gasteiger partial charge in [0, 0.05) is 13.2 Å². The first-order chi connectivity index (χ1) is 8.54. The van der Waals surface area contributed by atoms with Crippen LogP contribution < -0.4 is 5.32 Å². The molecule has 0 saturated heterocycles. The first-order valence-electron chi connectivity index (χ1n) is 7.10. The van der Waals surface area contributed by atoms with Crippen LogP contribution in [0.25, 0.3) is 0 Å². The lowest BCUT2D eigenvalue weighted by molar-refractivity contribution is 0.00615. The van der Waals surface area contributed by atoms with Crippen LogP contribution in [-0.4, -0.2) is 30.5 Å². The minimum absolute atomic E-state index is 0.0443. The van der Waals surface area contributed by atoms with Gasteiger partial charge in [-0.05, 0) is 37.0 Å². The molecular formula is C14H27NO3. The highest BCUT2D eigenvalue weighted by Crippen LogP contribution is 2.35. The van der Waals surface area contributed by atoms with Crippen molar-refractivity contribution in [2.45, 2.75) is 52.6 Å². The number of alkyl carbamates (subject to hydrolysis) is 1. The van der Waals surface area contributed by atoms with E-state index < -0.39 is 0 Å².